The van der Waals surface area contributed by atoms with Gasteiger partial charge in [0.1, 0.15) is 11.6 Å². The second kappa shape index (κ2) is 14.4. The number of nitrogens with one attached hydrogen (secondary N) is 2. The van der Waals surface area contributed by atoms with Gasteiger partial charge >= 0.3 is 0 Å². The maximum Gasteiger partial charge on any atom is 0.267 e. The number of hydrogen-bond acceptors (Lipinski definition) is 9. The lowest BCUT2D eigenvalue weighted by Gasteiger charge is -2.25. The molecule has 0 spiro atoms. The van der Waals surface area contributed by atoms with E-state index < -0.39 is 43.5 Å². The van der Waals surface area contributed by atoms with Gasteiger partial charge in [0.2, 0.25) is 5.95 Å². The fourth-order valence-corrected chi connectivity index (χ4v) is 8.13. The monoisotopic (exact) mass is 721 g/mol. The Bertz CT molecular complexity index is 2080. The first-order chi connectivity index (χ1) is 23.8. The Labute approximate surface area is 294 Å². The van der Waals surface area contributed by atoms with Crippen LogP contribution in [0.1, 0.15) is 63.1 Å². The number of nitrogens with zero attached hydrogens (tertiary/aromatic N) is 5. The number of sulfonamides is 1. The molecule has 9 nitrogen and oxygen atoms in total. The highest BCUT2D eigenvalue weighted by Crippen LogP contribution is 2.42. The van der Waals surface area contributed by atoms with Crippen molar-refractivity contribution in [3.8, 4) is 21.8 Å². The lowest BCUT2D eigenvalue weighted by atomic mass is 9.92. The number of likely N-dealkylation sites (tertiary alicyclic amines) is 1. The number of rotatable bonds is 8. The third-order valence-electron chi connectivity index (χ3n) is 8.51. The van der Waals surface area contributed by atoms with Crippen molar-refractivity contribution in [1.82, 2.24) is 24.8 Å². The van der Waals surface area contributed by atoms with E-state index in [0.717, 1.165) is 49.8 Å². The molecule has 1 aliphatic rings. The zero-order valence-electron chi connectivity index (χ0n) is 28.2. The molecular weight excluding hydrogens is 684 g/mol. The van der Waals surface area contributed by atoms with Gasteiger partial charge in [-0.25, -0.2) is 36.5 Å². The molecule has 2 N–H and O–H groups in total. The van der Waals surface area contributed by atoms with Crippen LogP contribution in [0.25, 0.3) is 21.8 Å². The van der Waals surface area contributed by atoms with E-state index in [-0.39, 0.29) is 11.3 Å². The molecule has 14 heteroatoms. The molecule has 0 aliphatic carbocycles. The largest absolute Gasteiger partial charge is 0.323 e. The predicted octanol–water partition coefficient (Wildman–Crippen LogP) is 8.51. The maximum atomic E-state index is 16.2. The number of benzene rings is 2. The molecular formula is C36H38F3N7O2S2. The van der Waals surface area contributed by atoms with Gasteiger partial charge in [-0.2, -0.15) is 0 Å². The quantitative estimate of drug-likeness (QED) is 0.164. The highest BCUT2D eigenvalue weighted by molar-refractivity contribution is 7.92. The van der Waals surface area contributed by atoms with Crippen molar-refractivity contribution in [2.75, 3.05) is 30.2 Å². The van der Waals surface area contributed by atoms with Gasteiger partial charge in [0.15, 0.2) is 10.7 Å². The van der Waals surface area contributed by atoms with E-state index >= 15 is 4.39 Å². The van der Waals surface area contributed by atoms with Crippen LogP contribution in [0, 0.1) is 17.5 Å². The van der Waals surface area contributed by atoms with Crippen molar-refractivity contribution >= 4 is 38.7 Å². The molecule has 0 bridgehead atoms. The average Bonchev–Trinajstić information content (AvgIpc) is 3.51. The van der Waals surface area contributed by atoms with Gasteiger partial charge in [0.25, 0.3) is 10.0 Å². The van der Waals surface area contributed by atoms with Gasteiger partial charge < -0.3 is 10.2 Å². The molecule has 4 heterocycles. The summed E-state index contributed by atoms with van der Waals surface area (Å²) >= 11 is 1.33. The van der Waals surface area contributed by atoms with E-state index in [0.29, 0.717) is 33.1 Å². The van der Waals surface area contributed by atoms with E-state index in [4.69, 9.17) is 15.0 Å². The number of pyridine rings is 1. The van der Waals surface area contributed by atoms with Crippen LogP contribution in [0.2, 0.25) is 0 Å². The van der Waals surface area contributed by atoms with Crippen LogP contribution in [0.4, 0.5) is 30.5 Å². The predicted molar refractivity (Wildman–Crippen MR) is 191 cm³/mol. The summed E-state index contributed by atoms with van der Waals surface area (Å²) in [5.41, 5.74) is 1.55. The molecule has 2 aromatic carbocycles. The Balaban J connectivity index is 1.30. The van der Waals surface area contributed by atoms with E-state index in [1.54, 1.807) is 18.5 Å². The summed E-state index contributed by atoms with van der Waals surface area (Å²) in [6, 6.07) is 12.4. The number of aromatic nitrogens is 4. The minimum absolute atomic E-state index is 0.0192. The topological polar surface area (TPSA) is 113 Å². The van der Waals surface area contributed by atoms with Crippen LogP contribution >= 0.6 is 11.3 Å². The van der Waals surface area contributed by atoms with Crippen molar-refractivity contribution in [2.24, 2.45) is 0 Å². The number of anilines is 3. The molecule has 1 atom stereocenters. The third-order valence-corrected chi connectivity index (χ3v) is 11.4. The summed E-state index contributed by atoms with van der Waals surface area (Å²) in [7, 11) is -2.66. The zero-order chi connectivity index (χ0) is 35.6. The molecule has 1 saturated heterocycles. The SMILES string of the molecule is CN1CCCCC(c2ccc(Nc3nccc(-c4sc(C(C)(C)C)nc4-c4cccc(NS(=O)(=O)c5c(F)cccc5F)c4F)n3)cn2)CC1. The third kappa shape index (κ3) is 7.82. The number of halogens is 3. The Morgan fingerprint density at radius 2 is 1.66 bits per heavy atom. The van der Waals surface area contributed by atoms with Gasteiger partial charge in [-0.15, -0.1) is 11.3 Å². The minimum atomic E-state index is -4.82. The molecule has 1 unspecified atom stereocenters. The first-order valence-corrected chi connectivity index (χ1v) is 18.6. The van der Waals surface area contributed by atoms with Crippen LogP contribution in [0.3, 0.4) is 0 Å². The Morgan fingerprint density at radius 3 is 2.38 bits per heavy atom. The lowest BCUT2D eigenvalue weighted by molar-refractivity contribution is 0.282. The molecule has 6 rings (SSSR count). The summed E-state index contributed by atoms with van der Waals surface area (Å²) < 4.78 is 72.9. The smallest absolute Gasteiger partial charge is 0.267 e. The Morgan fingerprint density at radius 1 is 0.900 bits per heavy atom. The molecule has 0 saturated carbocycles. The standard InChI is InChI=1S/C36H38F3N7O2S2/c1-36(2,3)34-44-31(24-10-7-13-28(30(24)39)45-50(47,48)33-25(37)11-8-12-26(33)38)32(49-34)29-16-18-40-35(43-29)42-23-14-15-27(41-21-23)22-9-5-6-19-46(4)20-17-22/h7-8,10-16,18,21-22,45H,5-6,9,17,19-20H2,1-4H3,(H,40,42,43). The highest BCUT2D eigenvalue weighted by atomic mass is 32.2. The Hall–Kier alpha value is -4.40. The highest BCUT2D eigenvalue weighted by Gasteiger charge is 2.29. The molecule has 1 fully saturated rings. The fourth-order valence-electron chi connectivity index (χ4n) is 5.82. The van der Waals surface area contributed by atoms with E-state index in [2.05, 4.69) is 22.2 Å². The number of thiazole rings is 1. The van der Waals surface area contributed by atoms with Gasteiger partial charge in [-0.05, 0) is 81.9 Å². The molecule has 262 valence electrons. The maximum absolute atomic E-state index is 16.2. The first kappa shape index (κ1) is 35.4. The molecule has 5 aromatic rings. The van der Waals surface area contributed by atoms with E-state index in [1.807, 2.05) is 37.6 Å². The first-order valence-electron chi connectivity index (χ1n) is 16.3. The van der Waals surface area contributed by atoms with Crippen LogP contribution in [-0.2, 0) is 15.4 Å². The van der Waals surface area contributed by atoms with Crippen molar-refractivity contribution < 1.29 is 21.6 Å². The molecule has 3 aromatic heterocycles. The second-order valence-electron chi connectivity index (χ2n) is 13.4. The summed E-state index contributed by atoms with van der Waals surface area (Å²) in [6.07, 6.45) is 7.90. The summed E-state index contributed by atoms with van der Waals surface area (Å²) in [6.45, 7) is 8.09. The lowest BCUT2D eigenvalue weighted by Crippen LogP contribution is -2.25. The van der Waals surface area contributed by atoms with Gasteiger partial charge in [-0.3, -0.25) is 9.71 Å². The van der Waals surface area contributed by atoms with Gasteiger partial charge in [-0.1, -0.05) is 39.3 Å². The van der Waals surface area contributed by atoms with Crippen molar-refractivity contribution in [2.45, 2.75) is 62.7 Å². The second-order valence-corrected chi connectivity index (χ2v) is 16.0. The average molecular weight is 722 g/mol. The van der Waals surface area contributed by atoms with E-state index in [9.17, 15) is 17.2 Å². The summed E-state index contributed by atoms with van der Waals surface area (Å²) in [5.74, 6) is -2.85. The molecule has 1 aliphatic heterocycles. The van der Waals surface area contributed by atoms with Crippen molar-refractivity contribution in [1.29, 1.82) is 0 Å². The van der Waals surface area contributed by atoms with Crippen LogP contribution in [0.5, 0.6) is 0 Å². The van der Waals surface area contributed by atoms with Crippen molar-refractivity contribution in [3.05, 3.63) is 95.1 Å². The zero-order valence-corrected chi connectivity index (χ0v) is 29.8. The molecule has 0 radical (unpaired) electrons. The molecule has 50 heavy (non-hydrogen) atoms. The summed E-state index contributed by atoms with van der Waals surface area (Å²) in [5, 5.41) is 3.91. The van der Waals surface area contributed by atoms with Gasteiger partial charge in [0.05, 0.1) is 38.8 Å². The Kier molecular flexibility index (Phi) is 10.2. The fraction of sp³-hybridized carbons (Fsp3) is 0.333. The van der Waals surface area contributed by atoms with Crippen LogP contribution in [-0.4, -0.2) is 53.4 Å². The normalized spacial score (nSPS) is 16.1. The summed E-state index contributed by atoms with van der Waals surface area (Å²) in [4.78, 5) is 20.4. The van der Waals surface area contributed by atoms with Crippen molar-refractivity contribution in [3.63, 3.8) is 0 Å². The van der Waals surface area contributed by atoms with Gasteiger partial charge in [0, 0.05) is 28.8 Å². The van der Waals surface area contributed by atoms with Crippen LogP contribution in [0.15, 0.2) is 71.9 Å². The number of hydrogen-bond donors (Lipinski definition) is 2. The molecule has 0 amide bonds. The minimum Gasteiger partial charge on any atom is -0.323 e. The van der Waals surface area contributed by atoms with E-state index in [1.165, 1.54) is 42.4 Å². The van der Waals surface area contributed by atoms with Crippen LogP contribution < -0.4 is 10.0 Å².